The smallest absolute Gasteiger partial charge is 0.219 e. The number of ether oxygens (including phenoxy) is 1. The molecular weight excluding hydrogens is 170 g/mol. The van der Waals surface area contributed by atoms with Crippen LogP contribution in [-0.2, 0) is 4.79 Å². The fraction of sp³-hybridized carbons (Fsp3) is 0.222. The standard InChI is InChI=1S/C9H11NO3/c1-7(11)10-6-13-9-4-2-8(12)3-5-9/h2-5,12H,6H2,1H3,(H,10,11). The summed E-state index contributed by atoms with van der Waals surface area (Å²) in [5.41, 5.74) is 0. The van der Waals surface area contributed by atoms with Gasteiger partial charge >= 0.3 is 0 Å². The third-order valence-corrected chi connectivity index (χ3v) is 1.40. The summed E-state index contributed by atoms with van der Waals surface area (Å²) < 4.78 is 5.13. The summed E-state index contributed by atoms with van der Waals surface area (Å²) in [5.74, 6) is 0.650. The lowest BCUT2D eigenvalue weighted by Gasteiger charge is -2.05. The maximum Gasteiger partial charge on any atom is 0.219 e. The van der Waals surface area contributed by atoms with Crippen LogP contribution >= 0.6 is 0 Å². The number of amides is 1. The number of hydrogen-bond acceptors (Lipinski definition) is 3. The zero-order valence-corrected chi connectivity index (χ0v) is 7.28. The Bertz CT molecular complexity index is 281. The van der Waals surface area contributed by atoms with Crippen molar-refractivity contribution in [3.05, 3.63) is 24.3 Å². The Morgan fingerprint density at radius 2 is 2.08 bits per heavy atom. The lowest BCUT2D eigenvalue weighted by Crippen LogP contribution is -2.24. The highest BCUT2D eigenvalue weighted by Gasteiger charge is 1.93. The Balaban J connectivity index is 2.37. The Hall–Kier alpha value is -1.71. The van der Waals surface area contributed by atoms with E-state index in [1.165, 1.54) is 19.1 Å². The Kier molecular flexibility index (Phi) is 3.14. The van der Waals surface area contributed by atoms with Crippen molar-refractivity contribution in [1.29, 1.82) is 0 Å². The molecule has 0 aliphatic rings. The van der Waals surface area contributed by atoms with Crippen LogP contribution in [0, 0.1) is 0 Å². The highest BCUT2D eigenvalue weighted by molar-refractivity contribution is 5.72. The SMILES string of the molecule is CC(=O)NCOc1ccc(O)cc1. The van der Waals surface area contributed by atoms with Crippen LogP contribution in [0.4, 0.5) is 0 Å². The average molecular weight is 181 g/mol. The maximum atomic E-state index is 10.5. The molecule has 0 unspecified atom stereocenters. The third-order valence-electron chi connectivity index (χ3n) is 1.40. The van der Waals surface area contributed by atoms with Gasteiger partial charge in [0.15, 0.2) is 6.73 Å². The lowest BCUT2D eigenvalue weighted by molar-refractivity contribution is -0.119. The minimum atomic E-state index is -0.140. The van der Waals surface area contributed by atoms with Gasteiger partial charge in [-0.3, -0.25) is 4.79 Å². The number of aromatic hydroxyl groups is 1. The molecule has 4 heteroatoms. The molecule has 1 rings (SSSR count). The topological polar surface area (TPSA) is 58.6 Å². The first-order chi connectivity index (χ1) is 6.18. The van der Waals surface area contributed by atoms with E-state index in [4.69, 9.17) is 9.84 Å². The molecule has 0 aliphatic carbocycles. The molecule has 0 saturated heterocycles. The predicted octanol–water partition coefficient (Wildman–Crippen LogP) is 0.865. The molecule has 0 saturated carbocycles. The number of carbonyl (C=O) groups is 1. The number of rotatable bonds is 3. The van der Waals surface area contributed by atoms with Crippen LogP contribution in [0.15, 0.2) is 24.3 Å². The minimum Gasteiger partial charge on any atom is -0.508 e. The van der Waals surface area contributed by atoms with Crippen LogP contribution in [-0.4, -0.2) is 17.7 Å². The molecule has 70 valence electrons. The molecule has 13 heavy (non-hydrogen) atoms. The van der Waals surface area contributed by atoms with E-state index in [2.05, 4.69) is 5.32 Å². The van der Waals surface area contributed by atoms with Gasteiger partial charge in [-0.1, -0.05) is 0 Å². The molecule has 1 aromatic carbocycles. The van der Waals surface area contributed by atoms with E-state index in [0.717, 1.165) is 0 Å². The molecule has 0 fully saturated rings. The van der Waals surface area contributed by atoms with Crippen molar-refractivity contribution in [3.8, 4) is 11.5 Å². The Morgan fingerprint density at radius 1 is 1.46 bits per heavy atom. The summed E-state index contributed by atoms with van der Waals surface area (Å²) in [6, 6.07) is 6.28. The van der Waals surface area contributed by atoms with Gasteiger partial charge < -0.3 is 15.2 Å². The van der Waals surface area contributed by atoms with Crippen LogP contribution in [0.5, 0.6) is 11.5 Å². The number of phenolic OH excluding ortho intramolecular Hbond substituents is 1. The molecule has 1 aromatic rings. The van der Waals surface area contributed by atoms with Gasteiger partial charge in [-0.05, 0) is 24.3 Å². The van der Waals surface area contributed by atoms with E-state index in [-0.39, 0.29) is 18.4 Å². The van der Waals surface area contributed by atoms with Gasteiger partial charge in [0.05, 0.1) is 0 Å². The summed E-state index contributed by atoms with van der Waals surface area (Å²) in [4.78, 5) is 10.5. The van der Waals surface area contributed by atoms with Crippen LogP contribution in [0.3, 0.4) is 0 Å². The molecule has 0 aromatic heterocycles. The molecule has 1 amide bonds. The van der Waals surface area contributed by atoms with Gasteiger partial charge in [0.1, 0.15) is 11.5 Å². The summed E-state index contributed by atoms with van der Waals surface area (Å²) in [6.45, 7) is 1.56. The number of benzene rings is 1. The molecule has 0 heterocycles. The zero-order valence-electron chi connectivity index (χ0n) is 7.28. The van der Waals surface area contributed by atoms with Crippen molar-refractivity contribution >= 4 is 5.91 Å². The van der Waals surface area contributed by atoms with Crippen molar-refractivity contribution in [2.45, 2.75) is 6.92 Å². The first-order valence-corrected chi connectivity index (χ1v) is 3.85. The van der Waals surface area contributed by atoms with E-state index in [1.807, 2.05) is 0 Å². The highest BCUT2D eigenvalue weighted by atomic mass is 16.5. The Morgan fingerprint density at radius 3 is 2.62 bits per heavy atom. The van der Waals surface area contributed by atoms with Crippen molar-refractivity contribution < 1.29 is 14.6 Å². The van der Waals surface area contributed by atoms with E-state index in [9.17, 15) is 4.79 Å². The second kappa shape index (κ2) is 4.35. The quantitative estimate of drug-likeness (QED) is 0.680. The fourth-order valence-electron chi connectivity index (χ4n) is 0.763. The highest BCUT2D eigenvalue weighted by Crippen LogP contribution is 2.15. The van der Waals surface area contributed by atoms with Gasteiger partial charge in [-0.2, -0.15) is 0 Å². The lowest BCUT2D eigenvalue weighted by atomic mass is 10.3. The number of carbonyl (C=O) groups excluding carboxylic acids is 1. The third kappa shape index (κ3) is 3.46. The average Bonchev–Trinajstić information content (AvgIpc) is 2.08. The largest absolute Gasteiger partial charge is 0.508 e. The monoisotopic (exact) mass is 181 g/mol. The van der Waals surface area contributed by atoms with Gasteiger partial charge in [-0.15, -0.1) is 0 Å². The zero-order chi connectivity index (χ0) is 9.68. The van der Waals surface area contributed by atoms with E-state index >= 15 is 0 Å². The van der Waals surface area contributed by atoms with Crippen LogP contribution < -0.4 is 10.1 Å². The second-order valence-corrected chi connectivity index (χ2v) is 2.52. The van der Waals surface area contributed by atoms with Gasteiger partial charge in [0, 0.05) is 6.92 Å². The normalized spacial score (nSPS) is 9.31. The number of nitrogens with one attached hydrogen (secondary N) is 1. The molecule has 0 spiro atoms. The molecule has 0 aliphatic heterocycles. The summed E-state index contributed by atoms with van der Waals surface area (Å²) >= 11 is 0. The van der Waals surface area contributed by atoms with Crippen molar-refractivity contribution in [2.24, 2.45) is 0 Å². The molecule has 0 bridgehead atoms. The van der Waals surface area contributed by atoms with E-state index in [1.54, 1.807) is 12.1 Å². The maximum absolute atomic E-state index is 10.5. The van der Waals surface area contributed by atoms with Crippen molar-refractivity contribution in [3.63, 3.8) is 0 Å². The molecular formula is C9H11NO3. The van der Waals surface area contributed by atoms with Crippen molar-refractivity contribution in [1.82, 2.24) is 5.32 Å². The summed E-state index contributed by atoms with van der Waals surface area (Å²) in [7, 11) is 0. The van der Waals surface area contributed by atoms with Crippen molar-refractivity contribution in [2.75, 3.05) is 6.73 Å². The number of hydrogen-bond donors (Lipinski definition) is 2. The van der Waals surface area contributed by atoms with Crippen LogP contribution in [0.1, 0.15) is 6.92 Å². The fourth-order valence-corrected chi connectivity index (χ4v) is 0.763. The van der Waals surface area contributed by atoms with E-state index in [0.29, 0.717) is 5.75 Å². The predicted molar refractivity (Wildman–Crippen MR) is 47.4 cm³/mol. The first kappa shape index (κ1) is 9.38. The number of phenols is 1. The molecule has 2 N–H and O–H groups in total. The molecule has 0 atom stereocenters. The van der Waals surface area contributed by atoms with Gasteiger partial charge in [-0.25, -0.2) is 0 Å². The van der Waals surface area contributed by atoms with Crippen LogP contribution in [0.2, 0.25) is 0 Å². The first-order valence-electron chi connectivity index (χ1n) is 3.85. The van der Waals surface area contributed by atoms with Crippen LogP contribution in [0.25, 0.3) is 0 Å². The van der Waals surface area contributed by atoms with Gasteiger partial charge in [0.2, 0.25) is 5.91 Å². The van der Waals surface area contributed by atoms with Gasteiger partial charge in [0.25, 0.3) is 0 Å². The Labute approximate surface area is 76.1 Å². The van der Waals surface area contributed by atoms with E-state index < -0.39 is 0 Å². The summed E-state index contributed by atoms with van der Waals surface area (Å²) in [5, 5.41) is 11.4. The molecule has 0 radical (unpaired) electrons. The summed E-state index contributed by atoms with van der Waals surface area (Å²) in [6.07, 6.45) is 0. The minimum absolute atomic E-state index is 0.139. The molecule has 4 nitrogen and oxygen atoms in total. The second-order valence-electron chi connectivity index (χ2n) is 2.52.